The van der Waals surface area contributed by atoms with Crippen LogP contribution in [0.2, 0.25) is 0 Å². The van der Waals surface area contributed by atoms with Gasteiger partial charge in [0.05, 0.1) is 12.5 Å². The van der Waals surface area contributed by atoms with Gasteiger partial charge in [0.25, 0.3) is 0 Å². The number of allylic oxidation sites excluding steroid dienone is 4. The van der Waals surface area contributed by atoms with Gasteiger partial charge in [0.2, 0.25) is 0 Å². The Labute approximate surface area is 146 Å². The number of methoxy groups -OCH3 is 1. The first kappa shape index (κ1) is 19.0. The van der Waals surface area contributed by atoms with E-state index in [1.165, 1.54) is 12.7 Å². The number of hydrogen-bond donors (Lipinski definition) is 0. The Morgan fingerprint density at radius 2 is 2.08 bits per heavy atom. The molecule has 0 unspecified atom stereocenters. The second-order valence-electron chi connectivity index (χ2n) is 8.20. The molecule has 0 heterocycles. The van der Waals surface area contributed by atoms with Gasteiger partial charge in [-0.25, -0.2) is 0 Å². The topological polar surface area (TPSA) is 43.4 Å². The number of aldehydes is 1. The van der Waals surface area contributed by atoms with Gasteiger partial charge >= 0.3 is 5.97 Å². The Morgan fingerprint density at radius 1 is 1.38 bits per heavy atom. The van der Waals surface area contributed by atoms with Crippen LogP contribution in [0.1, 0.15) is 66.2 Å². The average molecular weight is 332 g/mol. The van der Waals surface area contributed by atoms with Gasteiger partial charge in [0.15, 0.2) is 0 Å². The van der Waals surface area contributed by atoms with Gasteiger partial charge in [-0.15, -0.1) is 0 Å². The summed E-state index contributed by atoms with van der Waals surface area (Å²) in [5.74, 6) is 0.811. The maximum Gasteiger partial charge on any atom is 0.312 e. The molecular weight excluding hydrogens is 300 g/mol. The van der Waals surface area contributed by atoms with E-state index in [2.05, 4.69) is 26.8 Å². The quantitative estimate of drug-likeness (QED) is 0.312. The zero-order valence-corrected chi connectivity index (χ0v) is 15.9. The Balaban J connectivity index is 2.32. The van der Waals surface area contributed by atoms with Crippen LogP contribution in [0.4, 0.5) is 0 Å². The van der Waals surface area contributed by atoms with Crippen LogP contribution in [0, 0.1) is 22.7 Å². The lowest BCUT2D eigenvalue weighted by Crippen LogP contribution is -2.47. The molecule has 3 heteroatoms. The second-order valence-corrected chi connectivity index (χ2v) is 8.20. The number of fused-ring (bicyclic) bond motifs is 1. The fourth-order valence-electron chi connectivity index (χ4n) is 4.84. The zero-order chi connectivity index (χ0) is 18.0. The molecule has 0 N–H and O–H groups in total. The van der Waals surface area contributed by atoms with Crippen molar-refractivity contribution in [2.24, 2.45) is 22.7 Å². The van der Waals surface area contributed by atoms with Crippen LogP contribution in [0.3, 0.4) is 0 Å². The summed E-state index contributed by atoms with van der Waals surface area (Å²) in [5, 5.41) is 0. The third-order valence-electron chi connectivity index (χ3n) is 6.85. The van der Waals surface area contributed by atoms with Crippen molar-refractivity contribution in [1.82, 2.24) is 0 Å². The predicted octanol–water partition coefficient (Wildman–Crippen LogP) is 4.86. The third kappa shape index (κ3) is 3.22. The fourth-order valence-corrected chi connectivity index (χ4v) is 4.84. The van der Waals surface area contributed by atoms with Crippen LogP contribution >= 0.6 is 0 Å². The zero-order valence-electron chi connectivity index (χ0n) is 15.9. The van der Waals surface area contributed by atoms with E-state index in [1.807, 2.05) is 6.92 Å². The van der Waals surface area contributed by atoms with Crippen LogP contribution < -0.4 is 0 Å². The third-order valence-corrected chi connectivity index (χ3v) is 6.85. The summed E-state index contributed by atoms with van der Waals surface area (Å²) in [5.41, 5.74) is 2.29. The summed E-state index contributed by atoms with van der Waals surface area (Å²) in [7, 11) is 1.50. The van der Waals surface area contributed by atoms with Crippen LogP contribution in [0.25, 0.3) is 0 Å². The van der Waals surface area contributed by atoms with E-state index < -0.39 is 5.41 Å². The van der Waals surface area contributed by atoms with Crippen molar-refractivity contribution in [3.05, 3.63) is 23.3 Å². The van der Waals surface area contributed by atoms with Crippen molar-refractivity contribution in [3.8, 4) is 0 Å². The van der Waals surface area contributed by atoms with Crippen molar-refractivity contribution < 1.29 is 14.3 Å². The summed E-state index contributed by atoms with van der Waals surface area (Å²) >= 11 is 0. The number of ether oxygens (including phenoxy) is 1. The van der Waals surface area contributed by atoms with Crippen molar-refractivity contribution in [1.29, 1.82) is 0 Å². The van der Waals surface area contributed by atoms with Gasteiger partial charge < -0.3 is 4.74 Å². The first-order valence-electron chi connectivity index (χ1n) is 9.19. The molecule has 0 saturated heterocycles. The monoisotopic (exact) mass is 332 g/mol. The number of esters is 1. The lowest BCUT2D eigenvalue weighted by atomic mass is 9.51. The van der Waals surface area contributed by atoms with Gasteiger partial charge in [-0.3, -0.25) is 9.59 Å². The molecule has 4 atom stereocenters. The van der Waals surface area contributed by atoms with E-state index in [9.17, 15) is 9.59 Å². The molecule has 0 amide bonds. The van der Waals surface area contributed by atoms with Crippen molar-refractivity contribution in [2.75, 3.05) is 7.11 Å². The van der Waals surface area contributed by atoms with E-state index in [0.29, 0.717) is 5.92 Å². The van der Waals surface area contributed by atoms with E-state index in [-0.39, 0.29) is 17.3 Å². The van der Waals surface area contributed by atoms with Crippen LogP contribution in [-0.4, -0.2) is 19.4 Å². The molecule has 134 valence electrons. The molecule has 2 aliphatic rings. The van der Waals surface area contributed by atoms with Crippen LogP contribution in [-0.2, 0) is 14.3 Å². The molecule has 0 bridgehead atoms. The lowest BCUT2D eigenvalue weighted by molar-refractivity contribution is -0.156. The second kappa shape index (κ2) is 7.25. The minimum atomic E-state index is -0.395. The average Bonchev–Trinajstić information content (AvgIpc) is 2.56. The first-order valence-corrected chi connectivity index (χ1v) is 9.19. The number of hydrogen-bond acceptors (Lipinski definition) is 3. The summed E-state index contributed by atoms with van der Waals surface area (Å²) in [6.45, 7) is 8.80. The van der Waals surface area contributed by atoms with Gasteiger partial charge in [0.1, 0.15) is 6.29 Å². The molecule has 24 heavy (non-hydrogen) atoms. The highest BCUT2D eigenvalue weighted by Gasteiger charge is 2.52. The number of carbonyl (C=O) groups is 2. The van der Waals surface area contributed by atoms with E-state index in [0.717, 1.165) is 50.4 Å². The van der Waals surface area contributed by atoms with Gasteiger partial charge in [-0.1, -0.05) is 31.1 Å². The smallest absolute Gasteiger partial charge is 0.312 e. The molecule has 1 fully saturated rings. The SMILES string of the molecule is COC(=O)[C@@]1(C)CCC=C2[C@@H]1CC[C@@H](C)[C@]2(C)CC/C(C)=C/C=O. The Morgan fingerprint density at radius 3 is 2.71 bits per heavy atom. The highest BCUT2D eigenvalue weighted by molar-refractivity contribution is 5.77. The Hall–Kier alpha value is -1.38. The van der Waals surface area contributed by atoms with E-state index in [4.69, 9.17) is 4.74 Å². The molecule has 2 aliphatic carbocycles. The van der Waals surface area contributed by atoms with Gasteiger partial charge in [-0.05, 0) is 75.7 Å². The normalized spacial score (nSPS) is 36.5. The highest BCUT2D eigenvalue weighted by atomic mass is 16.5. The lowest BCUT2D eigenvalue weighted by Gasteiger charge is -2.53. The molecule has 0 aromatic rings. The number of rotatable bonds is 5. The van der Waals surface area contributed by atoms with Crippen LogP contribution in [0.15, 0.2) is 23.3 Å². The Bertz CT molecular complexity index is 559. The summed E-state index contributed by atoms with van der Waals surface area (Å²) in [4.78, 5) is 23.2. The molecule has 0 aromatic heterocycles. The van der Waals surface area contributed by atoms with E-state index >= 15 is 0 Å². The maximum absolute atomic E-state index is 12.5. The van der Waals surface area contributed by atoms with Gasteiger partial charge in [0, 0.05) is 0 Å². The molecule has 1 saturated carbocycles. The fraction of sp³-hybridized carbons (Fsp3) is 0.714. The van der Waals surface area contributed by atoms with Crippen molar-refractivity contribution in [2.45, 2.75) is 66.2 Å². The Kier molecular flexibility index (Phi) is 5.72. The summed E-state index contributed by atoms with van der Waals surface area (Å²) in [6.07, 6.45) is 10.9. The summed E-state index contributed by atoms with van der Waals surface area (Å²) < 4.78 is 5.15. The largest absolute Gasteiger partial charge is 0.469 e. The predicted molar refractivity (Wildman–Crippen MR) is 96.5 cm³/mol. The molecule has 0 aromatic carbocycles. The minimum Gasteiger partial charge on any atom is -0.469 e. The molecule has 2 rings (SSSR count). The maximum atomic E-state index is 12.5. The van der Waals surface area contributed by atoms with Crippen LogP contribution in [0.5, 0.6) is 0 Å². The first-order chi connectivity index (χ1) is 11.3. The highest BCUT2D eigenvalue weighted by Crippen LogP contribution is 2.58. The van der Waals surface area contributed by atoms with Crippen molar-refractivity contribution in [3.63, 3.8) is 0 Å². The minimum absolute atomic E-state index is 0.0629. The molecule has 0 radical (unpaired) electrons. The molecule has 0 aliphatic heterocycles. The van der Waals surface area contributed by atoms with E-state index in [1.54, 1.807) is 6.08 Å². The van der Waals surface area contributed by atoms with Crippen molar-refractivity contribution >= 4 is 12.3 Å². The van der Waals surface area contributed by atoms with Gasteiger partial charge in [-0.2, -0.15) is 0 Å². The summed E-state index contributed by atoms with van der Waals surface area (Å²) in [6, 6.07) is 0. The molecule has 3 nitrogen and oxygen atoms in total. The molecule has 0 spiro atoms. The number of carbonyl (C=O) groups excluding carboxylic acids is 2. The standard InChI is InChI=1S/C21H32O3/c1-15(11-14-22)10-13-20(3)16(2)8-9-18-17(20)7-6-12-21(18,4)19(23)24-5/h7,11,14,16,18H,6,8-10,12-13H2,1-5H3/b15-11+/t16-,18+,20+,21+/m1/s1. The molecular formula is C21H32O3.